The van der Waals surface area contributed by atoms with Crippen LogP contribution < -0.4 is 9.18 Å². The van der Waals surface area contributed by atoms with Crippen LogP contribution in [0.4, 0.5) is 5.69 Å². The van der Waals surface area contributed by atoms with Crippen molar-refractivity contribution in [2.75, 3.05) is 4.72 Å². The van der Waals surface area contributed by atoms with Crippen LogP contribution in [-0.2, 0) is 10.0 Å². The number of rotatable bonds is 6. The third kappa shape index (κ3) is 4.03. The molecule has 0 saturated carbocycles. The van der Waals surface area contributed by atoms with Crippen LogP contribution in [0.3, 0.4) is 0 Å². The number of aryl methyl sites for hydroxylation is 1. The monoisotopic (exact) mass is 504 g/mol. The summed E-state index contributed by atoms with van der Waals surface area (Å²) in [5.41, 5.74) is 3.83. The van der Waals surface area contributed by atoms with Gasteiger partial charge in [-0.25, -0.2) is 0 Å². The summed E-state index contributed by atoms with van der Waals surface area (Å²) in [6.07, 6.45) is 0. The molecule has 0 aliphatic carbocycles. The summed E-state index contributed by atoms with van der Waals surface area (Å²) in [7, 11) is -3.68. The molecule has 32 heavy (non-hydrogen) atoms. The van der Waals surface area contributed by atoms with E-state index in [1.807, 2.05) is 55.5 Å². The molecule has 4 aromatic rings. The molecule has 1 aliphatic rings. The molecular weight excluding hydrogens is 481 g/mol. The predicted octanol–water partition coefficient (Wildman–Crippen LogP) is 5.20. The van der Waals surface area contributed by atoms with E-state index in [1.54, 1.807) is 12.1 Å². The van der Waals surface area contributed by atoms with Gasteiger partial charge in [-0.1, -0.05) is 0 Å². The Labute approximate surface area is 193 Å². The van der Waals surface area contributed by atoms with Crippen LogP contribution in [0.2, 0.25) is 0 Å². The summed E-state index contributed by atoms with van der Waals surface area (Å²) >= 11 is -1.37. The van der Waals surface area contributed by atoms with Crippen molar-refractivity contribution in [1.82, 2.24) is 0 Å². The molecule has 5 heteroatoms. The van der Waals surface area contributed by atoms with Crippen molar-refractivity contribution in [1.29, 1.82) is 0 Å². The fourth-order valence-electron chi connectivity index (χ4n) is 3.70. The van der Waals surface area contributed by atoms with Gasteiger partial charge in [0.15, 0.2) is 0 Å². The first-order valence-electron chi connectivity index (χ1n) is 10.3. The summed E-state index contributed by atoms with van der Waals surface area (Å²) in [5, 5.41) is 0. The van der Waals surface area contributed by atoms with Crippen LogP contribution in [0.15, 0.2) is 114 Å². The third-order valence-electron chi connectivity index (χ3n) is 5.33. The summed E-state index contributed by atoms with van der Waals surface area (Å²) in [6.45, 7) is 1.94. The van der Waals surface area contributed by atoms with E-state index in [0.29, 0.717) is 5.69 Å². The zero-order valence-electron chi connectivity index (χ0n) is 17.5. The van der Waals surface area contributed by atoms with Crippen molar-refractivity contribution in [3.8, 4) is 0 Å². The van der Waals surface area contributed by atoms with Crippen molar-refractivity contribution in [2.45, 2.75) is 11.8 Å². The van der Waals surface area contributed by atoms with Gasteiger partial charge in [0.05, 0.1) is 0 Å². The second-order valence-electron chi connectivity index (χ2n) is 7.61. The second-order valence-corrected chi connectivity index (χ2v) is 13.3. The van der Waals surface area contributed by atoms with Gasteiger partial charge in [0.1, 0.15) is 0 Å². The Balaban J connectivity index is 1.57. The van der Waals surface area contributed by atoms with Gasteiger partial charge in [-0.05, 0) is 0 Å². The van der Waals surface area contributed by atoms with E-state index >= 15 is 0 Å². The molecule has 5 rings (SSSR count). The average Bonchev–Trinajstić information content (AvgIpc) is 3.56. The fourth-order valence-corrected chi connectivity index (χ4v) is 9.84. The Bertz CT molecular complexity index is 1400. The maximum absolute atomic E-state index is 13.1. The van der Waals surface area contributed by atoms with Crippen LogP contribution in [0.25, 0.3) is 8.94 Å². The minimum absolute atomic E-state index is 0.265. The van der Waals surface area contributed by atoms with E-state index in [9.17, 15) is 8.42 Å². The van der Waals surface area contributed by atoms with E-state index in [-0.39, 0.29) is 4.90 Å². The van der Waals surface area contributed by atoms with Crippen LogP contribution in [0, 0.1) is 6.92 Å². The molecule has 1 N–H and O–H groups in total. The normalized spacial score (nSPS) is 15.5. The van der Waals surface area contributed by atoms with Gasteiger partial charge in [-0.15, -0.1) is 0 Å². The van der Waals surface area contributed by atoms with Gasteiger partial charge in [-0.2, -0.15) is 0 Å². The first-order chi connectivity index (χ1) is 15.5. The molecule has 1 atom stereocenters. The standard InChI is InChI=1S/C27H22NO2SSe/c1-20-16-18-22(19-17-20)31(29,30)28-25-15-9-8-14-24(25)27-26(21-10-4-2-5-11-21)32(27)23-12-6-3-7-13-23/h2-19,28H,1H3/q+1. The minimum atomic E-state index is -3.68. The fraction of sp³-hybridized carbons (Fsp3) is 0.0370. The molecule has 3 nitrogen and oxygen atoms in total. The molecule has 158 valence electrons. The number of anilines is 1. The molecule has 0 bridgehead atoms. The molecule has 0 fully saturated rings. The Morgan fingerprint density at radius 3 is 1.94 bits per heavy atom. The van der Waals surface area contributed by atoms with Crippen molar-refractivity contribution in [2.24, 2.45) is 0 Å². The van der Waals surface area contributed by atoms with E-state index in [0.717, 1.165) is 11.1 Å². The van der Waals surface area contributed by atoms with Gasteiger partial charge in [0.2, 0.25) is 0 Å². The zero-order chi connectivity index (χ0) is 22.1. The molecule has 0 amide bonds. The Morgan fingerprint density at radius 2 is 1.25 bits per heavy atom. The van der Waals surface area contributed by atoms with Crippen LogP contribution in [-0.4, -0.2) is 22.3 Å². The number of hydrogen-bond donors (Lipinski definition) is 1. The van der Waals surface area contributed by atoms with E-state index in [4.69, 9.17) is 0 Å². The molecule has 1 heterocycles. The van der Waals surface area contributed by atoms with Gasteiger partial charge in [-0.3, -0.25) is 0 Å². The van der Waals surface area contributed by atoms with Gasteiger partial charge in [0, 0.05) is 0 Å². The summed E-state index contributed by atoms with van der Waals surface area (Å²) < 4.78 is 33.0. The Morgan fingerprint density at radius 1 is 0.656 bits per heavy atom. The molecule has 0 aromatic heterocycles. The van der Waals surface area contributed by atoms with Crippen molar-refractivity contribution in [3.63, 3.8) is 0 Å². The van der Waals surface area contributed by atoms with Crippen molar-refractivity contribution < 1.29 is 8.42 Å². The maximum atomic E-state index is 13.1. The van der Waals surface area contributed by atoms with E-state index < -0.39 is 23.9 Å². The van der Waals surface area contributed by atoms with Crippen LogP contribution in [0.5, 0.6) is 0 Å². The number of para-hydroxylation sites is 1. The quantitative estimate of drug-likeness (QED) is 0.368. The van der Waals surface area contributed by atoms with Gasteiger partial charge in [0.25, 0.3) is 0 Å². The first kappa shape index (κ1) is 20.8. The number of sulfonamides is 1. The van der Waals surface area contributed by atoms with Crippen molar-refractivity contribution in [3.05, 3.63) is 126 Å². The van der Waals surface area contributed by atoms with Gasteiger partial charge < -0.3 is 0 Å². The average molecular weight is 504 g/mol. The molecule has 0 radical (unpaired) electrons. The molecule has 0 spiro atoms. The number of nitrogens with one attached hydrogen (secondary N) is 1. The van der Waals surface area contributed by atoms with Crippen LogP contribution >= 0.6 is 0 Å². The summed E-state index contributed by atoms with van der Waals surface area (Å²) in [5.74, 6) is 0. The Kier molecular flexibility index (Phi) is 5.48. The summed E-state index contributed by atoms with van der Waals surface area (Å²) in [6, 6.07) is 35.6. The topological polar surface area (TPSA) is 46.2 Å². The summed E-state index contributed by atoms with van der Waals surface area (Å²) in [4.78, 5) is 0.265. The molecule has 1 aliphatic heterocycles. The number of hydrogen-bond acceptors (Lipinski definition) is 2. The van der Waals surface area contributed by atoms with E-state index in [2.05, 4.69) is 53.3 Å². The molecule has 0 saturated heterocycles. The Hall–Kier alpha value is -3.11. The SMILES string of the molecule is Cc1ccc(S(=O)(=O)Nc2ccccc2C2=C(c3ccccc3)[Se+]2c2ccccc2)cc1. The molecule has 4 aromatic carbocycles. The first-order valence-corrected chi connectivity index (χ1v) is 14.4. The number of benzene rings is 4. The third-order valence-corrected chi connectivity index (χ3v) is 11.4. The molecule has 1 unspecified atom stereocenters. The van der Waals surface area contributed by atoms with Crippen molar-refractivity contribution >= 4 is 43.0 Å². The predicted molar refractivity (Wildman–Crippen MR) is 134 cm³/mol. The van der Waals surface area contributed by atoms with E-state index in [1.165, 1.54) is 19.0 Å². The zero-order valence-corrected chi connectivity index (χ0v) is 20.1. The molecular formula is C27H22NO2SSe+. The van der Waals surface area contributed by atoms with Gasteiger partial charge >= 0.3 is 194 Å². The van der Waals surface area contributed by atoms with Crippen LogP contribution in [0.1, 0.15) is 16.7 Å². The second kappa shape index (κ2) is 8.44.